The van der Waals surface area contributed by atoms with Crippen molar-refractivity contribution in [1.82, 2.24) is 10.2 Å². The van der Waals surface area contributed by atoms with E-state index >= 15 is 0 Å². The van der Waals surface area contributed by atoms with E-state index in [0.29, 0.717) is 17.8 Å². The molecule has 116 valence electrons. The summed E-state index contributed by atoms with van der Waals surface area (Å²) >= 11 is 0. The van der Waals surface area contributed by atoms with Gasteiger partial charge in [-0.1, -0.05) is 0 Å². The van der Waals surface area contributed by atoms with Crippen molar-refractivity contribution in [2.24, 2.45) is 0 Å². The third kappa shape index (κ3) is 3.34. The summed E-state index contributed by atoms with van der Waals surface area (Å²) in [7, 11) is 0. The summed E-state index contributed by atoms with van der Waals surface area (Å²) in [5, 5.41) is 16.7. The average Bonchev–Trinajstić information content (AvgIpc) is 3.03. The molecule has 0 aliphatic carbocycles. The number of ketones is 1. The van der Waals surface area contributed by atoms with Crippen molar-refractivity contribution < 1.29 is 9.18 Å². The van der Waals surface area contributed by atoms with Crippen LogP contribution in [0.15, 0.2) is 36.4 Å². The van der Waals surface area contributed by atoms with Crippen molar-refractivity contribution in [3.05, 3.63) is 53.5 Å². The van der Waals surface area contributed by atoms with Gasteiger partial charge in [-0.2, -0.15) is 5.26 Å². The zero-order valence-corrected chi connectivity index (χ0v) is 12.4. The van der Waals surface area contributed by atoms with E-state index in [2.05, 4.69) is 15.1 Å². The Bertz CT molecular complexity index is 737. The van der Waals surface area contributed by atoms with Crippen LogP contribution in [0.1, 0.15) is 35.3 Å². The molecule has 0 unspecified atom stereocenters. The second-order valence-corrected chi connectivity index (χ2v) is 5.51. The molecule has 2 aromatic rings. The maximum atomic E-state index is 12.9. The number of halogens is 1. The van der Waals surface area contributed by atoms with E-state index in [-0.39, 0.29) is 23.3 Å². The van der Waals surface area contributed by atoms with Crippen LogP contribution >= 0.6 is 0 Å². The van der Waals surface area contributed by atoms with Gasteiger partial charge in [0.1, 0.15) is 11.9 Å². The van der Waals surface area contributed by atoms with Gasteiger partial charge in [0.15, 0.2) is 17.3 Å². The Hall–Kier alpha value is -2.81. The molecule has 6 heteroatoms. The highest BCUT2D eigenvalue weighted by Crippen LogP contribution is 2.26. The molecule has 3 rings (SSSR count). The molecule has 1 fully saturated rings. The lowest BCUT2D eigenvalue weighted by Gasteiger charge is -2.24. The number of nitriles is 1. The maximum Gasteiger partial charge on any atom is 0.164 e. The number of hydrogen-bond donors (Lipinski definition) is 0. The highest BCUT2D eigenvalue weighted by molar-refractivity contribution is 5.96. The summed E-state index contributed by atoms with van der Waals surface area (Å²) in [6.07, 6.45) is 2.23. The van der Waals surface area contributed by atoms with Crippen LogP contribution in [0.4, 0.5) is 10.2 Å². The molecule has 5 nitrogen and oxygen atoms in total. The average molecular weight is 310 g/mol. The summed E-state index contributed by atoms with van der Waals surface area (Å²) < 4.78 is 12.9. The van der Waals surface area contributed by atoms with Crippen molar-refractivity contribution in [1.29, 1.82) is 5.26 Å². The number of aromatic nitrogens is 2. The molecule has 0 saturated carbocycles. The van der Waals surface area contributed by atoms with Crippen LogP contribution < -0.4 is 4.90 Å². The molecule has 2 heterocycles. The normalized spacial score (nSPS) is 17.0. The lowest BCUT2D eigenvalue weighted by Crippen LogP contribution is -2.32. The predicted molar refractivity (Wildman–Crippen MR) is 82.5 cm³/mol. The summed E-state index contributed by atoms with van der Waals surface area (Å²) in [5.41, 5.74) is 0.788. The Morgan fingerprint density at radius 3 is 2.70 bits per heavy atom. The second kappa shape index (κ2) is 6.53. The Morgan fingerprint density at radius 1 is 1.26 bits per heavy atom. The highest BCUT2D eigenvalue weighted by atomic mass is 19.1. The van der Waals surface area contributed by atoms with Crippen LogP contribution in [0.3, 0.4) is 0 Å². The smallest absolute Gasteiger partial charge is 0.164 e. The Kier molecular flexibility index (Phi) is 4.29. The molecule has 1 aliphatic heterocycles. The monoisotopic (exact) mass is 310 g/mol. The van der Waals surface area contributed by atoms with E-state index in [0.717, 1.165) is 19.4 Å². The number of carbonyl (C=O) groups is 1. The molecule has 1 saturated heterocycles. The topological polar surface area (TPSA) is 69.9 Å². The van der Waals surface area contributed by atoms with E-state index < -0.39 is 0 Å². The van der Waals surface area contributed by atoms with Gasteiger partial charge in [-0.25, -0.2) is 4.39 Å². The van der Waals surface area contributed by atoms with Gasteiger partial charge in [0.2, 0.25) is 0 Å². The Balaban J connectivity index is 1.72. The first-order valence-electron chi connectivity index (χ1n) is 7.46. The number of Topliss-reactive ketones (excluding diaryl/α,β-unsaturated/α-hetero) is 1. The largest absolute Gasteiger partial charge is 0.352 e. The van der Waals surface area contributed by atoms with Crippen LogP contribution in [0.25, 0.3) is 0 Å². The van der Waals surface area contributed by atoms with Gasteiger partial charge >= 0.3 is 0 Å². The number of hydrogen-bond acceptors (Lipinski definition) is 5. The van der Waals surface area contributed by atoms with Crippen molar-refractivity contribution in [2.75, 3.05) is 11.4 Å². The van der Waals surface area contributed by atoms with Crippen LogP contribution in [0.2, 0.25) is 0 Å². The summed E-state index contributed by atoms with van der Waals surface area (Å²) in [6, 6.07) is 11.0. The van der Waals surface area contributed by atoms with Gasteiger partial charge in [0.05, 0.1) is 0 Å². The standard InChI is InChI=1S/C17H15FN4O/c18-13-5-3-12(4-6-13)16(23)10-15-2-1-9-22(15)17-8-7-14(11-19)20-21-17/h3-8,15H,1-2,9-10H2/t15-/m0/s1. The zero-order valence-electron chi connectivity index (χ0n) is 12.4. The third-order valence-corrected chi connectivity index (χ3v) is 4.02. The minimum absolute atomic E-state index is 0.0106. The summed E-state index contributed by atoms with van der Waals surface area (Å²) in [4.78, 5) is 14.4. The molecule has 1 atom stereocenters. The summed E-state index contributed by atoms with van der Waals surface area (Å²) in [5.74, 6) is 0.318. The van der Waals surface area contributed by atoms with Crippen LogP contribution in [-0.4, -0.2) is 28.6 Å². The predicted octanol–water partition coefficient (Wildman–Crippen LogP) is 2.73. The van der Waals surface area contributed by atoms with Gasteiger partial charge in [0, 0.05) is 24.6 Å². The molecular weight excluding hydrogens is 295 g/mol. The SMILES string of the molecule is N#Cc1ccc(N2CCC[C@H]2CC(=O)c2ccc(F)cc2)nn1. The lowest BCUT2D eigenvalue weighted by atomic mass is 10.0. The van der Waals surface area contributed by atoms with E-state index in [4.69, 9.17) is 5.26 Å². The zero-order chi connectivity index (χ0) is 16.2. The number of anilines is 1. The minimum atomic E-state index is -0.350. The maximum absolute atomic E-state index is 12.9. The number of nitrogens with zero attached hydrogens (tertiary/aromatic N) is 4. The number of carbonyl (C=O) groups excluding carboxylic acids is 1. The van der Waals surface area contributed by atoms with Gasteiger partial charge in [-0.15, -0.1) is 10.2 Å². The molecule has 0 spiro atoms. The van der Waals surface area contributed by atoms with Crippen molar-refractivity contribution in [3.8, 4) is 6.07 Å². The Morgan fingerprint density at radius 2 is 2.04 bits per heavy atom. The molecule has 1 aromatic heterocycles. The fourth-order valence-corrected chi connectivity index (χ4v) is 2.86. The third-order valence-electron chi connectivity index (χ3n) is 4.02. The Labute approximate surface area is 133 Å². The molecular formula is C17H15FN4O. The molecule has 1 aliphatic rings. The first kappa shape index (κ1) is 15.1. The van der Waals surface area contributed by atoms with Crippen molar-refractivity contribution in [2.45, 2.75) is 25.3 Å². The summed E-state index contributed by atoms with van der Waals surface area (Å²) in [6.45, 7) is 0.807. The van der Waals surface area contributed by atoms with Crippen LogP contribution in [0.5, 0.6) is 0 Å². The van der Waals surface area contributed by atoms with Crippen molar-refractivity contribution >= 4 is 11.6 Å². The van der Waals surface area contributed by atoms with Crippen LogP contribution in [-0.2, 0) is 0 Å². The molecule has 0 bridgehead atoms. The molecule has 1 aromatic carbocycles. The molecule has 23 heavy (non-hydrogen) atoms. The van der Waals surface area contributed by atoms with Gasteiger partial charge in [-0.05, 0) is 49.2 Å². The van der Waals surface area contributed by atoms with Crippen LogP contribution in [0, 0.1) is 17.1 Å². The van der Waals surface area contributed by atoms with Gasteiger partial charge in [0.25, 0.3) is 0 Å². The highest BCUT2D eigenvalue weighted by Gasteiger charge is 2.28. The molecule has 0 radical (unpaired) electrons. The van der Waals surface area contributed by atoms with E-state index in [1.54, 1.807) is 12.1 Å². The van der Waals surface area contributed by atoms with Crippen molar-refractivity contribution in [3.63, 3.8) is 0 Å². The van der Waals surface area contributed by atoms with Gasteiger partial charge in [-0.3, -0.25) is 4.79 Å². The van der Waals surface area contributed by atoms with Gasteiger partial charge < -0.3 is 4.90 Å². The van der Waals surface area contributed by atoms with E-state index in [1.165, 1.54) is 24.3 Å². The minimum Gasteiger partial charge on any atom is -0.352 e. The fraction of sp³-hybridized carbons (Fsp3) is 0.294. The second-order valence-electron chi connectivity index (χ2n) is 5.51. The van der Waals surface area contributed by atoms with E-state index in [9.17, 15) is 9.18 Å². The first-order valence-corrected chi connectivity index (χ1v) is 7.46. The quantitative estimate of drug-likeness (QED) is 0.812. The number of benzene rings is 1. The van der Waals surface area contributed by atoms with E-state index in [1.807, 2.05) is 6.07 Å². The molecule has 0 amide bonds. The number of rotatable bonds is 4. The first-order chi connectivity index (χ1) is 11.2. The lowest BCUT2D eigenvalue weighted by molar-refractivity contribution is 0.0974. The fourth-order valence-electron chi connectivity index (χ4n) is 2.86. The molecule has 0 N–H and O–H groups in total.